The maximum atomic E-state index is 11.4. The Labute approximate surface area is 125 Å². The zero-order valence-electron chi connectivity index (χ0n) is 12.4. The molecule has 2 aromatic rings. The van der Waals surface area contributed by atoms with Gasteiger partial charge in [0.15, 0.2) is 0 Å². The van der Waals surface area contributed by atoms with Gasteiger partial charge in [0.2, 0.25) is 0 Å². The van der Waals surface area contributed by atoms with Gasteiger partial charge >= 0.3 is 5.97 Å². The first-order chi connectivity index (χ1) is 10.2. The van der Waals surface area contributed by atoms with Crippen LogP contribution in [0, 0.1) is 0 Å². The van der Waals surface area contributed by atoms with Crippen molar-refractivity contribution in [1.82, 2.24) is 4.98 Å². The third-order valence-corrected chi connectivity index (χ3v) is 3.16. The summed E-state index contributed by atoms with van der Waals surface area (Å²) in [5.74, 6) is -0.297. The molecule has 2 rings (SSSR count). The predicted molar refractivity (Wildman–Crippen MR) is 83.8 cm³/mol. The molecule has 0 bridgehead atoms. The number of aromatic nitrogens is 1. The maximum Gasteiger partial charge on any atom is 0.331 e. The number of rotatable bonds is 5. The van der Waals surface area contributed by atoms with Gasteiger partial charge in [-0.3, -0.25) is 4.98 Å². The Morgan fingerprint density at radius 2 is 1.95 bits per heavy atom. The van der Waals surface area contributed by atoms with E-state index in [-0.39, 0.29) is 5.97 Å². The summed E-state index contributed by atoms with van der Waals surface area (Å²) >= 11 is 0. The molecule has 0 fully saturated rings. The number of benzene rings is 1. The van der Waals surface area contributed by atoms with Crippen LogP contribution in [0.4, 0.5) is 0 Å². The highest BCUT2D eigenvalue weighted by Crippen LogP contribution is 2.16. The fourth-order valence-electron chi connectivity index (χ4n) is 2.07. The second-order valence-electron chi connectivity index (χ2n) is 4.81. The topological polar surface area (TPSA) is 39.2 Å². The highest BCUT2D eigenvalue weighted by atomic mass is 16.5. The lowest BCUT2D eigenvalue weighted by Gasteiger charge is -2.05. The fraction of sp³-hybridized carbons (Fsp3) is 0.222. The lowest BCUT2D eigenvalue weighted by atomic mass is 10.0. The number of esters is 1. The van der Waals surface area contributed by atoms with Crippen molar-refractivity contribution in [2.24, 2.45) is 0 Å². The second kappa shape index (κ2) is 7.39. The molecule has 1 aromatic heterocycles. The average molecular weight is 281 g/mol. The molecule has 21 heavy (non-hydrogen) atoms. The number of ether oxygens (including phenoxy) is 1. The average Bonchev–Trinajstić information content (AvgIpc) is 2.49. The molecule has 108 valence electrons. The van der Waals surface area contributed by atoms with E-state index in [9.17, 15) is 4.79 Å². The van der Waals surface area contributed by atoms with Crippen molar-refractivity contribution < 1.29 is 9.53 Å². The molecule has 0 saturated carbocycles. The van der Waals surface area contributed by atoms with Gasteiger partial charge in [-0.25, -0.2) is 4.79 Å². The maximum absolute atomic E-state index is 11.4. The van der Waals surface area contributed by atoms with E-state index in [2.05, 4.69) is 23.2 Å². The molecule has 0 aliphatic heterocycles. The zero-order chi connectivity index (χ0) is 15.1. The van der Waals surface area contributed by atoms with E-state index in [1.54, 1.807) is 13.1 Å². The largest absolute Gasteiger partial charge is 0.463 e. The monoisotopic (exact) mass is 281 g/mol. The highest BCUT2D eigenvalue weighted by Gasteiger charge is 2.02. The first-order valence-electron chi connectivity index (χ1n) is 7.02. The Kier molecular flexibility index (Phi) is 5.27. The van der Waals surface area contributed by atoms with Gasteiger partial charge in [-0.1, -0.05) is 30.3 Å². The van der Waals surface area contributed by atoms with Gasteiger partial charge in [-0.2, -0.15) is 0 Å². The molecule has 0 unspecified atom stereocenters. The summed E-state index contributed by atoms with van der Waals surface area (Å²) in [7, 11) is 0. The standard InChI is InChI=1S/C18H19NO2/c1-3-21-18(20)11-14(2)17-8-6-15(7-9-17)12-16-5-4-10-19-13-16/h4-11,13H,3,12H2,1-2H3/b14-11+. The van der Waals surface area contributed by atoms with Crippen molar-refractivity contribution in [1.29, 1.82) is 0 Å². The molecule has 0 saturated heterocycles. The summed E-state index contributed by atoms with van der Waals surface area (Å²) in [5.41, 5.74) is 4.33. The Balaban J connectivity index is 2.06. The second-order valence-corrected chi connectivity index (χ2v) is 4.81. The van der Waals surface area contributed by atoms with Crippen LogP contribution < -0.4 is 0 Å². The minimum absolute atomic E-state index is 0.297. The van der Waals surface area contributed by atoms with Crippen molar-refractivity contribution in [3.05, 3.63) is 71.6 Å². The third-order valence-electron chi connectivity index (χ3n) is 3.16. The molecule has 3 nitrogen and oxygen atoms in total. The SMILES string of the molecule is CCOC(=O)/C=C(\C)c1ccc(Cc2cccnc2)cc1. The number of hydrogen-bond donors (Lipinski definition) is 0. The minimum Gasteiger partial charge on any atom is -0.463 e. The smallest absolute Gasteiger partial charge is 0.331 e. The van der Waals surface area contributed by atoms with Crippen LogP contribution in [-0.2, 0) is 16.0 Å². The Morgan fingerprint density at radius 1 is 1.19 bits per heavy atom. The van der Waals surface area contributed by atoms with Crippen LogP contribution in [0.2, 0.25) is 0 Å². The summed E-state index contributed by atoms with van der Waals surface area (Å²) < 4.78 is 4.91. The summed E-state index contributed by atoms with van der Waals surface area (Å²) in [6, 6.07) is 12.2. The normalized spacial score (nSPS) is 11.2. The lowest BCUT2D eigenvalue weighted by Crippen LogP contribution is -2.00. The number of allylic oxidation sites excluding steroid dienone is 1. The van der Waals surface area contributed by atoms with Crippen molar-refractivity contribution in [2.45, 2.75) is 20.3 Å². The number of carbonyl (C=O) groups is 1. The predicted octanol–water partition coefficient (Wildman–Crippen LogP) is 3.64. The van der Waals surface area contributed by atoms with Gasteiger partial charge in [0.25, 0.3) is 0 Å². The summed E-state index contributed by atoms with van der Waals surface area (Å²) in [6.07, 6.45) is 6.03. The van der Waals surface area contributed by atoms with E-state index < -0.39 is 0 Å². The first kappa shape index (κ1) is 15.0. The molecule has 0 aliphatic rings. The number of pyridine rings is 1. The molecule has 0 atom stereocenters. The Hall–Kier alpha value is -2.42. The molecule has 0 aliphatic carbocycles. The van der Waals surface area contributed by atoms with Gasteiger partial charge in [0.05, 0.1) is 6.61 Å². The zero-order valence-corrected chi connectivity index (χ0v) is 12.4. The van der Waals surface area contributed by atoms with Gasteiger partial charge in [0, 0.05) is 18.5 Å². The Morgan fingerprint density at radius 3 is 2.57 bits per heavy atom. The van der Waals surface area contributed by atoms with Gasteiger partial charge in [0.1, 0.15) is 0 Å². The highest BCUT2D eigenvalue weighted by molar-refractivity contribution is 5.90. The lowest BCUT2D eigenvalue weighted by molar-refractivity contribution is -0.137. The van der Waals surface area contributed by atoms with Crippen molar-refractivity contribution >= 4 is 11.5 Å². The molecular formula is C18H19NO2. The molecule has 1 aromatic carbocycles. The number of nitrogens with zero attached hydrogens (tertiary/aromatic N) is 1. The van der Waals surface area contributed by atoms with E-state index in [0.29, 0.717) is 6.61 Å². The van der Waals surface area contributed by atoms with E-state index in [1.165, 1.54) is 17.2 Å². The fourth-order valence-corrected chi connectivity index (χ4v) is 2.07. The number of hydrogen-bond acceptors (Lipinski definition) is 3. The molecule has 3 heteroatoms. The van der Waals surface area contributed by atoms with Gasteiger partial charge < -0.3 is 4.74 Å². The van der Waals surface area contributed by atoms with Crippen molar-refractivity contribution in [2.75, 3.05) is 6.61 Å². The van der Waals surface area contributed by atoms with Crippen LogP contribution >= 0.6 is 0 Å². The summed E-state index contributed by atoms with van der Waals surface area (Å²) in [6.45, 7) is 4.11. The minimum atomic E-state index is -0.297. The molecule has 0 radical (unpaired) electrons. The molecule has 0 N–H and O–H groups in total. The van der Waals surface area contributed by atoms with Crippen molar-refractivity contribution in [3.8, 4) is 0 Å². The van der Waals surface area contributed by atoms with Crippen LogP contribution in [0.25, 0.3) is 5.57 Å². The molecular weight excluding hydrogens is 262 g/mol. The summed E-state index contributed by atoms with van der Waals surface area (Å²) in [5, 5.41) is 0. The summed E-state index contributed by atoms with van der Waals surface area (Å²) in [4.78, 5) is 15.5. The molecule has 0 spiro atoms. The van der Waals surface area contributed by atoms with Crippen LogP contribution in [0.1, 0.15) is 30.5 Å². The van der Waals surface area contributed by atoms with Gasteiger partial charge in [-0.15, -0.1) is 0 Å². The van der Waals surface area contributed by atoms with E-state index in [1.807, 2.05) is 31.3 Å². The number of carbonyl (C=O) groups excluding carboxylic acids is 1. The van der Waals surface area contributed by atoms with E-state index >= 15 is 0 Å². The molecule has 0 amide bonds. The van der Waals surface area contributed by atoms with Crippen molar-refractivity contribution in [3.63, 3.8) is 0 Å². The van der Waals surface area contributed by atoms with E-state index in [0.717, 1.165) is 17.6 Å². The third kappa shape index (κ3) is 4.56. The quantitative estimate of drug-likeness (QED) is 0.620. The van der Waals surface area contributed by atoms with E-state index in [4.69, 9.17) is 4.74 Å². The first-order valence-corrected chi connectivity index (χ1v) is 7.02. The van der Waals surface area contributed by atoms with Crippen LogP contribution in [0.15, 0.2) is 54.9 Å². The van der Waals surface area contributed by atoms with Crippen LogP contribution in [0.5, 0.6) is 0 Å². The Bertz CT molecular complexity index is 615. The van der Waals surface area contributed by atoms with Gasteiger partial charge in [-0.05, 0) is 48.6 Å². The molecule has 1 heterocycles. The van der Waals surface area contributed by atoms with Crippen LogP contribution in [0.3, 0.4) is 0 Å². The van der Waals surface area contributed by atoms with Crippen LogP contribution in [-0.4, -0.2) is 17.6 Å².